The molecular weight excluding hydrogens is 192 g/mol. The highest BCUT2D eigenvalue weighted by atomic mass is 32.1. The van der Waals surface area contributed by atoms with Gasteiger partial charge in [-0.15, -0.1) is 11.3 Å². The Bertz CT molecular complexity index is 269. The van der Waals surface area contributed by atoms with Gasteiger partial charge in [0.2, 0.25) is 0 Å². The van der Waals surface area contributed by atoms with Crippen LogP contribution in [0.15, 0.2) is 11.7 Å². The Balaban J connectivity index is 1.84. The third-order valence-corrected chi connectivity index (χ3v) is 3.88. The summed E-state index contributed by atoms with van der Waals surface area (Å²) in [7, 11) is 0. The first-order chi connectivity index (χ1) is 6.75. The standard InChI is InChI=1S/C11H18N2S/c1-9(2)10-3-4-13(6-10)7-11-5-12-8-14-11/h5,8-10H,3-4,6-7H2,1-2H3. The summed E-state index contributed by atoms with van der Waals surface area (Å²) in [6, 6.07) is 0. The third-order valence-electron chi connectivity index (χ3n) is 3.11. The van der Waals surface area contributed by atoms with E-state index in [0.717, 1.165) is 18.4 Å². The molecule has 1 aromatic rings. The average Bonchev–Trinajstić information content (AvgIpc) is 2.75. The second-order valence-corrected chi connectivity index (χ2v) is 5.47. The molecule has 0 saturated carbocycles. The Morgan fingerprint density at radius 2 is 2.50 bits per heavy atom. The van der Waals surface area contributed by atoms with Crippen molar-refractivity contribution in [1.82, 2.24) is 9.88 Å². The maximum atomic E-state index is 4.11. The second kappa shape index (κ2) is 4.41. The molecule has 0 amide bonds. The zero-order valence-corrected chi connectivity index (χ0v) is 9.76. The summed E-state index contributed by atoms with van der Waals surface area (Å²) in [4.78, 5) is 8.06. The average molecular weight is 210 g/mol. The lowest BCUT2D eigenvalue weighted by atomic mass is 9.95. The molecule has 1 unspecified atom stereocenters. The molecule has 1 aliphatic rings. The molecule has 0 aliphatic carbocycles. The van der Waals surface area contributed by atoms with E-state index in [1.165, 1.54) is 24.4 Å². The van der Waals surface area contributed by atoms with Gasteiger partial charge in [0.05, 0.1) is 5.51 Å². The van der Waals surface area contributed by atoms with Gasteiger partial charge in [0.15, 0.2) is 0 Å². The van der Waals surface area contributed by atoms with Crippen molar-refractivity contribution in [2.75, 3.05) is 13.1 Å². The molecule has 2 nitrogen and oxygen atoms in total. The predicted molar refractivity (Wildman–Crippen MR) is 60.3 cm³/mol. The van der Waals surface area contributed by atoms with Gasteiger partial charge in [0.25, 0.3) is 0 Å². The van der Waals surface area contributed by atoms with Gasteiger partial charge in [0.1, 0.15) is 0 Å². The zero-order chi connectivity index (χ0) is 9.97. The van der Waals surface area contributed by atoms with Crippen molar-refractivity contribution in [2.24, 2.45) is 11.8 Å². The van der Waals surface area contributed by atoms with Gasteiger partial charge in [-0.1, -0.05) is 13.8 Å². The van der Waals surface area contributed by atoms with Crippen LogP contribution in [0.2, 0.25) is 0 Å². The molecule has 3 heteroatoms. The van der Waals surface area contributed by atoms with Gasteiger partial charge in [-0.25, -0.2) is 0 Å². The lowest BCUT2D eigenvalue weighted by Crippen LogP contribution is -2.20. The van der Waals surface area contributed by atoms with Crippen molar-refractivity contribution in [3.8, 4) is 0 Å². The molecule has 0 spiro atoms. The van der Waals surface area contributed by atoms with E-state index in [2.05, 4.69) is 23.7 Å². The van der Waals surface area contributed by atoms with Gasteiger partial charge in [-0.05, 0) is 24.8 Å². The van der Waals surface area contributed by atoms with Crippen molar-refractivity contribution in [3.63, 3.8) is 0 Å². The maximum absolute atomic E-state index is 4.11. The maximum Gasteiger partial charge on any atom is 0.0794 e. The van der Waals surface area contributed by atoms with E-state index in [9.17, 15) is 0 Å². The van der Waals surface area contributed by atoms with E-state index in [-0.39, 0.29) is 0 Å². The molecule has 0 N–H and O–H groups in total. The molecular formula is C11H18N2S. The zero-order valence-electron chi connectivity index (χ0n) is 8.94. The van der Waals surface area contributed by atoms with Crippen molar-refractivity contribution in [3.05, 3.63) is 16.6 Å². The summed E-state index contributed by atoms with van der Waals surface area (Å²) in [6.45, 7) is 8.31. The first-order valence-electron chi connectivity index (χ1n) is 5.35. The number of aromatic nitrogens is 1. The van der Waals surface area contributed by atoms with Crippen LogP contribution in [0.3, 0.4) is 0 Å². The van der Waals surface area contributed by atoms with Gasteiger partial charge in [-0.3, -0.25) is 9.88 Å². The van der Waals surface area contributed by atoms with E-state index < -0.39 is 0 Å². The minimum atomic E-state index is 0.835. The number of nitrogens with zero attached hydrogens (tertiary/aromatic N) is 2. The molecule has 2 rings (SSSR count). The first kappa shape index (κ1) is 10.1. The lowest BCUT2D eigenvalue weighted by molar-refractivity contribution is 0.299. The van der Waals surface area contributed by atoms with Crippen molar-refractivity contribution in [2.45, 2.75) is 26.8 Å². The van der Waals surface area contributed by atoms with Crippen LogP contribution in [0.25, 0.3) is 0 Å². The molecule has 1 fully saturated rings. The van der Waals surface area contributed by atoms with Crippen molar-refractivity contribution in [1.29, 1.82) is 0 Å². The SMILES string of the molecule is CC(C)C1CCN(Cc2cncs2)C1. The topological polar surface area (TPSA) is 16.1 Å². The summed E-state index contributed by atoms with van der Waals surface area (Å²) >= 11 is 1.77. The normalized spacial score (nSPS) is 23.5. The van der Waals surface area contributed by atoms with Crippen LogP contribution in [-0.2, 0) is 6.54 Å². The van der Waals surface area contributed by atoms with Gasteiger partial charge < -0.3 is 0 Å². The van der Waals surface area contributed by atoms with Gasteiger partial charge in [0, 0.05) is 24.2 Å². The van der Waals surface area contributed by atoms with Gasteiger partial charge >= 0.3 is 0 Å². The monoisotopic (exact) mass is 210 g/mol. The Morgan fingerprint density at radius 3 is 3.07 bits per heavy atom. The van der Waals surface area contributed by atoms with E-state index in [4.69, 9.17) is 0 Å². The quantitative estimate of drug-likeness (QED) is 0.762. The molecule has 1 atom stereocenters. The van der Waals surface area contributed by atoms with E-state index >= 15 is 0 Å². The minimum Gasteiger partial charge on any atom is -0.298 e. The van der Waals surface area contributed by atoms with Crippen molar-refractivity contribution < 1.29 is 0 Å². The molecule has 1 saturated heterocycles. The summed E-state index contributed by atoms with van der Waals surface area (Å²) in [6.07, 6.45) is 3.36. The molecule has 0 bridgehead atoms. The largest absolute Gasteiger partial charge is 0.298 e. The Labute approximate surface area is 90.0 Å². The minimum absolute atomic E-state index is 0.835. The van der Waals surface area contributed by atoms with E-state index in [1.807, 2.05) is 11.7 Å². The third kappa shape index (κ3) is 2.34. The van der Waals surface area contributed by atoms with Crippen LogP contribution in [0.5, 0.6) is 0 Å². The number of likely N-dealkylation sites (tertiary alicyclic amines) is 1. The van der Waals surface area contributed by atoms with Crippen LogP contribution in [0.1, 0.15) is 25.1 Å². The predicted octanol–water partition coefficient (Wildman–Crippen LogP) is 2.62. The van der Waals surface area contributed by atoms with E-state index in [0.29, 0.717) is 0 Å². The molecule has 1 aliphatic heterocycles. The summed E-state index contributed by atoms with van der Waals surface area (Å²) in [5.41, 5.74) is 1.92. The lowest BCUT2D eigenvalue weighted by Gasteiger charge is -2.16. The summed E-state index contributed by atoms with van der Waals surface area (Å²) < 4.78 is 0. The Kier molecular flexibility index (Phi) is 3.19. The van der Waals surface area contributed by atoms with Crippen LogP contribution in [-0.4, -0.2) is 23.0 Å². The smallest absolute Gasteiger partial charge is 0.0794 e. The van der Waals surface area contributed by atoms with Crippen molar-refractivity contribution >= 4 is 11.3 Å². The molecule has 14 heavy (non-hydrogen) atoms. The number of rotatable bonds is 3. The summed E-state index contributed by atoms with van der Waals surface area (Å²) in [5, 5.41) is 0. The second-order valence-electron chi connectivity index (χ2n) is 4.50. The molecule has 78 valence electrons. The van der Waals surface area contributed by atoms with Crippen LogP contribution in [0.4, 0.5) is 0 Å². The van der Waals surface area contributed by atoms with Crippen LogP contribution >= 0.6 is 11.3 Å². The molecule has 1 aromatic heterocycles. The fraction of sp³-hybridized carbons (Fsp3) is 0.727. The fourth-order valence-electron chi connectivity index (χ4n) is 2.09. The van der Waals surface area contributed by atoms with Crippen LogP contribution in [0, 0.1) is 11.8 Å². The number of thiazole rings is 1. The molecule has 2 heterocycles. The highest BCUT2D eigenvalue weighted by Gasteiger charge is 2.24. The van der Waals surface area contributed by atoms with Crippen LogP contribution < -0.4 is 0 Å². The Morgan fingerprint density at radius 1 is 1.64 bits per heavy atom. The highest BCUT2D eigenvalue weighted by molar-refractivity contribution is 7.09. The summed E-state index contributed by atoms with van der Waals surface area (Å²) in [5.74, 6) is 1.74. The number of hydrogen-bond acceptors (Lipinski definition) is 3. The molecule has 0 radical (unpaired) electrons. The van der Waals surface area contributed by atoms with E-state index in [1.54, 1.807) is 11.3 Å². The first-order valence-corrected chi connectivity index (χ1v) is 6.23. The Hall–Kier alpha value is -0.410. The number of hydrogen-bond donors (Lipinski definition) is 0. The molecule has 0 aromatic carbocycles. The van der Waals surface area contributed by atoms with Gasteiger partial charge in [-0.2, -0.15) is 0 Å². The highest BCUT2D eigenvalue weighted by Crippen LogP contribution is 2.25. The fourth-order valence-corrected chi connectivity index (χ4v) is 2.73.